The lowest BCUT2D eigenvalue weighted by Gasteiger charge is -2.32. The van der Waals surface area contributed by atoms with E-state index in [1.165, 1.54) is 0 Å². The molecule has 2 aromatic rings. The summed E-state index contributed by atoms with van der Waals surface area (Å²) in [4.78, 5) is 0.802. The second-order valence-corrected chi connectivity index (χ2v) is 8.06. The van der Waals surface area contributed by atoms with Gasteiger partial charge in [-0.1, -0.05) is 36.4 Å². The lowest BCUT2D eigenvalue weighted by molar-refractivity contribution is 0.00578. The zero-order chi connectivity index (χ0) is 16.1. The predicted octanol–water partition coefficient (Wildman–Crippen LogP) is 2.88. The van der Waals surface area contributed by atoms with Crippen molar-refractivity contribution < 1.29 is 13.5 Å². The van der Waals surface area contributed by atoms with E-state index in [9.17, 15) is 4.21 Å². The van der Waals surface area contributed by atoms with Gasteiger partial charge in [-0.2, -0.15) is 0 Å². The molecule has 1 aliphatic rings. The molecule has 116 valence electrons. The monoisotopic (exact) mass is 316 g/mol. The molecule has 0 radical (unpaired) electrons. The third-order valence-electron chi connectivity index (χ3n) is 4.70. The molecule has 0 aliphatic carbocycles. The zero-order valence-corrected chi connectivity index (χ0v) is 14.5. The van der Waals surface area contributed by atoms with Crippen LogP contribution >= 0.6 is 0 Å². The standard InChI is InChI=1S/C17H21BO3S/c1-16(2)17(3,4)21-18(20-16)14-11-10-12-8-6-7-9-13(12)15(14)22(5)19/h6-11H,1-5H3. The quantitative estimate of drug-likeness (QED) is 0.799. The van der Waals surface area contributed by atoms with Gasteiger partial charge in [-0.15, -0.1) is 0 Å². The summed E-state index contributed by atoms with van der Waals surface area (Å²) in [7, 11) is -1.61. The van der Waals surface area contributed by atoms with Crippen molar-refractivity contribution in [2.45, 2.75) is 43.8 Å². The van der Waals surface area contributed by atoms with E-state index in [1.54, 1.807) is 6.26 Å². The lowest BCUT2D eigenvalue weighted by Crippen LogP contribution is -2.41. The number of rotatable bonds is 2. The summed E-state index contributed by atoms with van der Waals surface area (Å²) < 4.78 is 24.6. The van der Waals surface area contributed by atoms with E-state index in [2.05, 4.69) is 0 Å². The van der Waals surface area contributed by atoms with Crippen molar-refractivity contribution in [2.24, 2.45) is 0 Å². The second kappa shape index (κ2) is 5.19. The topological polar surface area (TPSA) is 35.5 Å². The Labute approximate surface area is 134 Å². The van der Waals surface area contributed by atoms with Crippen LogP contribution in [0.5, 0.6) is 0 Å². The average Bonchev–Trinajstić information content (AvgIpc) is 2.65. The molecule has 0 N–H and O–H groups in total. The highest BCUT2D eigenvalue weighted by Gasteiger charge is 2.52. The van der Waals surface area contributed by atoms with Crippen LogP contribution in [0.2, 0.25) is 0 Å². The first-order chi connectivity index (χ1) is 10.2. The molecule has 3 nitrogen and oxygen atoms in total. The van der Waals surface area contributed by atoms with Gasteiger partial charge in [0.15, 0.2) is 0 Å². The Bertz CT molecular complexity index is 739. The molecule has 0 amide bonds. The van der Waals surface area contributed by atoms with Crippen LogP contribution < -0.4 is 5.46 Å². The van der Waals surface area contributed by atoms with Crippen LogP contribution in [0.25, 0.3) is 10.8 Å². The van der Waals surface area contributed by atoms with Crippen LogP contribution in [0.4, 0.5) is 0 Å². The minimum atomic E-state index is -1.12. The van der Waals surface area contributed by atoms with Crippen molar-refractivity contribution in [3.63, 3.8) is 0 Å². The maximum atomic E-state index is 12.4. The molecule has 1 heterocycles. The van der Waals surface area contributed by atoms with E-state index in [0.29, 0.717) is 0 Å². The van der Waals surface area contributed by atoms with Crippen molar-refractivity contribution in [1.29, 1.82) is 0 Å². The number of benzene rings is 2. The molecule has 22 heavy (non-hydrogen) atoms. The minimum Gasteiger partial charge on any atom is -0.399 e. The first-order valence-electron chi connectivity index (χ1n) is 7.44. The van der Waals surface area contributed by atoms with Crippen molar-refractivity contribution in [1.82, 2.24) is 0 Å². The van der Waals surface area contributed by atoms with E-state index in [4.69, 9.17) is 9.31 Å². The Kier molecular flexibility index (Phi) is 3.71. The van der Waals surface area contributed by atoms with E-state index in [1.807, 2.05) is 64.1 Å². The van der Waals surface area contributed by atoms with E-state index in [-0.39, 0.29) is 0 Å². The lowest BCUT2D eigenvalue weighted by atomic mass is 9.78. The predicted molar refractivity (Wildman–Crippen MR) is 92.0 cm³/mol. The molecule has 2 aromatic carbocycles. The fourth-order valence-electron chi connectivity index (χ4n) is 2.74. The number of hydrogen-bond acceptors (Lipinski definition) is 3. The van der Waals surface area contributed by atoms with Gasteiger partial charge in [0.05, 0.1) is 22.0 Å². The van der Waals surface area contributed by atoms with Crippen molar-refractivity contribution >= 4 is 34.2 Å². The van der Waals surface area contributed by atoms with E-state index < -0.39 is 29.1 Å². The molecular formula is C17H21BO3S. The molecule has 3 rings (SSSR count). The summed E-state index contributed by atoms with van der Waals surface area (Å²) in [5, 5.41) is 2.07. The van der Waals surface area contributed by atoms with Crippen molar-refractivity contribution in [3.8, 4) is 0 Å². The fraction of sp³-hybridized carbons (Fsp3) is 0.412. The first kappa shape index (κ1) is 15.7. The summed E-state index contributed by atoms with van der Waals surface area (Å²) in [6.07, 6.45) is 1.70. The average molecular weight is 316 g/mol. The van der Waals surface area contributed by atoms with Gasteiger partial charge in [0, 0.05) is 11.2 Å². The van der Waals surface area contributed by atoms with Crippen LogP contribution in [0.1, 0.15) is 27.7 Å². The molecule has 1 saturated heterocycles. The third kappa shape index (κ3) is 2.41. The molecule has 1 aliphatic heterocycles. The Morgan fingerprint density at radius 3 is 2.14 bits per heavy atom. The van der Waals surface area contributed by atoms with Crippen LogP contribution in [0.15, 0.2) is 41.3 Å². The normalized spacial score (nSPS) is 21.2. The van der Waals surface area contributed by atoms with Gasteiger partial charge in [0.25, 0.3) is 0 Å². The van der Waals surface area contributed by atoms with Gasteiger partial charge in [0.2, 0.25) is 0 Å². The molecule has 0 bridgehead atoms. The van der Waals surface area contributed by atoms with Gasteiger partial charge in [-0.3, -0.25) is 4.21 Å². The Balaban J connectivity index is 2.16. The largest absolute Gasteiger partial charge is 0.496 e. The van der Waals surface area contributed by atoms with E-state index >= 15 is 0 Å². The van der Waals surface area contributed by atoms with Crippen LogP contribution in [-0.2, 0) is 20.1 Å². The van der Waals surface area contributed by atoms with Crippen molar-refractivity contribution in [2.75, 3.05) is 6.26 Å². The highest BCUT2D eigenvalue weighted by Crippen LogP contribution is 2.37. The molecule has 5 heteroatoms. The maximum Gasteiger partial charge on any atom is 0.496 e. The fourth-order valence-corrected chi connectivity index (χ4v) is 3.73. The molecule has 0 saturated carbocycles. The van der Waals surface area contributed by atoms with Gasteiger partial charge >= 0.3 is 7.12 Å². The van der Waals surface area contributed by atoms with E-state index in [0.717, 1.165) is 21.1 Å². The van der Waals surface area contributed by atoms with Crippen LogP contribution in [0.3, 0.4) is 0 Å². The zero-order valence-electron chi connectivity index (χ0n) is 13.7. The van der Waals surface area contributed by atoms with Crippen molar-refractivity contribution in [3.05, 3.63) is 36.4 Å². The van der Waals surface area contributed by atoms with Gasteiger partial charge in [-0.05, 0) is 43.9 Å². The Morgan fingerprint density at radius 2 is 1.55 bits per heavy atom. The van der Waals surface area contributed by atoms with Gasteiger partial charge in [0.1, 0.15) is 0 Å². The van der Waals surface area contributed by atoms with Crippen LogP contribution in [-0.4, -0.2) is 28.8 Å². The summed E-state index contributed by atoms with van der Waals surface area (Å²) >= 11 is 0. The minimum absolute atomic E-state index is 0.407. The number of hydrogen-bond donors (Lipinski definition) is 0. The first-order valence-corrected chi connectivity index (χ1v) is 8.99. The smallest absolute Gasteiger partial charge is 0.399 e. The highest BCUT2D eigenvalue weighted by molar-refractivity contribution is 7.84. The summed E-state index contributed by atoms with van der Waals surface area (Å²) in [6, 6.07) is 12.0. The molecule has 1 atom stereocenters. The van der Waals surface area contributed by atoms with Gasteiger partial charge in [-0.25, -0.2) is 0 Å². The maximum absolute atomic E-state index is 12.4. The Hall–Kier alpha value is -1.17. The Morgan fingerprint density at radius 1 is 0.955 bits per heavy atom. The van der Waals surface area contributed by atoms with Gasteiger partial charge < -0.3 is 9.31 Å². The summed E-state index contributed by atoms with van der Waals surface area (Å²) in [5.41, 5.74) is 0.0456. The van der Waals surface area contributed by atoms with Crippen LogP contribution in [0, 0.1) is 0 Å². The summed E-state index contributed by atoms with van der Waals surface area (Å²) in [5.74, 6) is 0. The molecule has 0 spiro atoms. The molecular weight excluding hydrogens is 295 g/mol. The number of fused-ring (bicyclic) bond motifs is 1. The highest BCUT2D eigenvalue weighted by atomic mass is 32.2. The third-order valence-corrected chi connectivity index (χ3v) is 5.74. The molecule has 1 fully saturated rings. The molecule has 1 unspecified atom stereocenters. The SMILES string of the molecule is CS(=O)c1c(B2OC(C)(C)C(C)(C)O2)ccc2ccccc12. The second-order valence-electron chi connectivity index (χ2n) is 6.75. The summed E-state index contributed by atoms with van der Waals surface area (Å²) in [6.45, 7) is 8.10. The molecule has 0 aromatic heterocycles.